The highest BCUT2D eigenvalue weighted by Gasteiger charge is 2.25. The number of carbonyl (C=O) groups excluding carboxylic acids is 1. The summed E-state index contributed by atoms with van der Waals surface area (Å²) in [6, 6.07) is 7.57. The van der Waals surface area contributed by atoms with E-state index in [0.29, 0.717) is 19.5 Å². The molecule has 1 aromatic carbocycles. The summed E-state index contributed by atoms with van der Waals surface area (Å²) < 4.78 is 5.24. The maximum absolute atomic E-state index is 12.0. The Morgan fingerprint density at radius 1 is 1.32 bits per heavy atom. The van der Waals surface area contributed by atoms with Crippen molar-refractivity contribution >= 4 is 12.0 Å². The van der Waals surface area contributed by atoms with Gasteiger partial charge in [0.2, 0.25) is 0 Å². The van der Waals surface area contributed by atoms with Crippen LogP contribution in [0.25, 0.3) is 0 Å². The minimum atomic E-state index is -0.795. The van der Waals surface area contributed by atoms with Gasteiger partial charge in [0.1, 0.15) is 0 Å². The van der Waals surface area contributed by atoms with E-state index in [-0.39, 0.29) is 18.6 Å². The van der Waals surface area contributed by atoms with Crippen molar-refractivity contribution < 1.29 is 19.4 Å². The van der Waals surface area contributed by atoms with Crippen LogP contribution in [0.2, 0.25) is 0 Å². The summed E-state index contributed by atoms with van der Waals surface area (Å²) in [5.41, 5.74) is 1.98. The standard InChI is InChI=1S/C16H22N2O4/c1-22-14-8-9-18(11-14)16(21)17-10-13-4-2-12(3-5-13)6-7-15(19)20/h2-5,14H,6-11H2,1H3,(H,17,21)(H,19,20)/t14-/m0/s1. The second kappa shape index (κ2) is 7.79. The number of hydrogen-bond acceptors (Lipinski definition) is 3. The molecule has 1 aliphatic rings. The van der Waals surface area contributed by atoms with Crippen LogP contribution in [-0.4, -0.2) is 48.3 Å². The Kier molecular flexibility index (Phi) is 5.77. The van der Waals surface area contributed by atoms with Gasteiger partial charge in [-0.2, -0.15) is 0 Å². The van der Waals surface area contributed by atoms with Crippen LogP contribution in [0.15, 0.2) is 24.3 Å². The Balaban J connectivity index is 1.77. The van der Waals surface area contributed by atoms with Gasteiger partial charge < -0.3 is 20.1 Å². The molecule has 2 rings (SSSR count). The molecular weight excluding hydrogens is 284 g/mol. The summed E-state index contributed by atoms with van der Waals surface area (Å²) in [5, 5.41) is 11.5. The third-order valence-corrected chi connectivity index (χ3v) is 3.86. The molecule has 1 fully saturated rings. The number of likely N-dealkylation sites (tertiary alicyclic amines) is 1. The number of ether oxygens (including phenoxy) is 1. The number of nitrogens with zero attached hydrogens (tertiary/aromatic N) is 1. The average Bonchev–Trinajstić information content (AvgIpc) is 3.00. The van der Waals surface area contributed by atoms with Crippen molar-refractivity contribution in [2.45, 2.75) is 31.9 Å². The van der Waals surface area contributed by atoms with Gasteiger partial charge in [0.25, 0.3) is 0 Å². The van der Waals surface area contributed by atoms with Crippen LogP contribution in [0.4, 0.5) is 4.79 Å². The lowest BCUT2D eigenvalue weighted by molar-refractivity contribution is -0.136. The number of methoxy groups -OCH3 is 1. The number of aryl methyl sites for hydroxylation is 1. The minimum absolute atomic E-state index is 0.0745. The van der Waals surface area contributed by atoms with Crippen molar-refractivity contribution in [1.82, 2.24) is 10.2 Å². The zero-order valence-corrected chi connectivity index (χ0v) is 12.7. The maximum Gasteiger partial charge on any atom is 0.317 e. The quantitative estimate of drug-likeness (QED) is 0.837. The molecule has 1 saturated heterocycles. The number of rotatable bonds is 6. The van der Waals surface area contributed by atoms with E-state index in [1.54, 1.807) is 12.0 Å². The molecule has 0 aromatic heterocycles. The largest absolute Gasteiger partial charge is 0.481 e. The van der Waals surface area contributed by atoms with Gasteiger partial charge >= 0.3 is 12.0 Å². The van der Waals surface area contributed by atoms with E-state index in [1.165, 1.54) is 0 Å². The van der Waals surface area contributed by atoms with E-state index in [4.69, 9.17) is 9.84 Å². The zero-order valence-electron chi connectivity index (χ0n) is 12.7. The van der Waals surface area contributed by atoms with E-state index in [1.807, 2.05) is 24.3 Å². The molecule has 1 heterocycles. The lowest BCUT2D eigenvalue weighted by Gasteiger charge is -2.17. The summed E-state index contributed by atoms with van der Waals surface area (Å²) in [5.74, 6) is -0.795. The smallest absolute Gasteiger partial charge is 0.317 e. The number of amides is 2. The Labute approximate surface area is 130 Å². The van der Waals surface area contributed by atoms with Gasteiger partial charge in [-0.05, 0) is 24.0 Å². The van der Waals surface area contributed by atoms with Crippen LogP contribution < -0.4 is 5.32 Å². The van der Waals surface area contributed by atoms with Crippen LogP contribution in [0.3, 0.4) is 0 Å². The predicted molar refractivity (Wildman–Crippen MR) is 81.6 cm³/mol. The van der Waals surface area contributed by atoms with Crippen LogP contribution in [0.1, 0.15) is 24.0 Å². The van der Waals surface area contributed by atoms with Crippen molar-refractivity contribution in [2.75, 3.05) is 20.2 Å². The van der Waals surface area contributed by atoms with Crippen molar-refractivity contribution in [2.24, 2.45) is 0 Å². The van der Waals surface area contributed by atoms with Crippen LogP contribution >= 0.6 is 0 Å². The number of urea groups is 1. The molecule has 2 amide bonds. The summed E-state index contributed by atoms with van der Waals surface area (Å²) in [6.07, 6.45) is 1.67. The van der Waals surface area contributed by atoms with Crippen LogP contribution in [-0.2, 0) is 22.5 Å². The first-order chi connectivity index (χ1) is 10.6. The number of benzene rings is 1. The average molecular weight is 306 g/mol. The van der Waals surface area contributed by atoms with E-state index in [2.05, 4.69) is 5.32 Å². The SMILES string of the molecule is CO[C@H]1CCN(C(=O)NCc2ccc(CCC(=O)O)cc2)C1. The second-order valence-electron chi connectivity index (χ2n) is 5.46. The molecular formula is C16H22N2O4. The second-order valence-corrected chi connectivity index (χ2v) is 5.46. The highest BCUT2D eigenvalue weighted by atomic mass is 16.5. The first kappa shape index (κ1) is 16.3. The monoisotopic (exact) mass is 306 g/mol. The maximum atomic E-state index is 12.0. The minimum Gasteiger partial charge on any atom is -0.481 e. The van der Waals surface area contributed by atoms with E-state index in [0.717, 1.165) is 24.1 Å². The highest BCUT2D eigenvalue weighted by Crippen LogP contribution is 2.12. The van der Waals surface area contributed by atoms with Gasteiger partial charge in [-0.25, -0.2) is 4.79 Å². The van der Waals surface area contributed by atoms with Crippen molar-refractivity contribution in [3.05, 3.63) is 35.4 Å². The fraction of sp³-hybridized carbons (Fsp3) is 0.500. The molecule has 1 atom stereocenters. The van der Waals surface area contributed by atoms with Gasteiger partial charge in [0.05, 0.1) is 6.10 Å². The molecule has 6 heteroatoms. The van der Waals surface area contributed by atoms with Gasteiger partial charge in [-0.1, -0.05) is 24.3 Å². The molecule has 0 aliphatic carbocycles. The van der Waals surface area contributed by atoms with Gasteiger partial charge in [-0.3, -0.25) is 4.79 Å². The van der Waals surface area contributed by atoms with E-state index in [9.17, 15) is 9.59 Å². The van der Waals surface area contributed by atoms with Crippen molar-refractivity contribution in [1.29, 1.82) is 0 Å². The summed E-state index contributed by atoms with van der Waals surface area (Å²) in [6.45, 7) is 1.82. The number of carboxylic acid groups (broad SMARTS) is 1. The number of aliphatic carboxylic acids is 1. The van der Waals surface area contributed by atoms with Crippen molar-refractivity contribution in [3.63, 3.8) is 0 Å². The molecule has 1 aliphatic heterocycles. The Hall–Kier alpha value is -2.08. The fourth-order valence-electron chi connectivity index (χ4n) is 2.47. The van der Waals surface area contributed by atoms with Crippen LogP contribution in [0.5, 0.6) is 0 Å². The molecule has 1 aromatic rings. The first-order valence-electron chi connectivity index (χ1n) is 7.43. The summed E-state index contributed by atoms with van der Waals surface area (Å²) in [7, 11) is 1.66. The summed E-state index contributed by atoms with van der Waals surface area (Å²) in [4.78, 5) is 24.3. The van der Waals surface area contributed by atoms with E-state index >= 15 is 0 Å². The van der Waals surface area contributed by atoms with Gasteiger partial charge in [0.15, 0.2) is 0 Å². The van der Waals surface area contributed by atoms with Gasteiger partial charge in [0, 0.05) is 33.2 Å². The topological polar surface area (TPSA) is 78.9 Å². The highest BCUT2D eigenvalue weighted by molar-refractivity contribution is 5.74. The first-order valence-corrected chi connectivity index (χ1v) is 7.43. The summed E-state index contributed by atoms with van der Waals surface area (Å²) >= 11 is 0. The van der Waals surface area contributed by atoms with E-state index < -0.39 is 5.97 Å². The Morgan fingerprint density at radius 3 is 2.59 bits per heavy atom. The molecule has 0 spiro atoms. The Bertz CT molecular complexity index is 515. The number of nitrogens with one attached hydrogen (secondary N) is 1. The normalized spacial score (nSPS) is 17.5. The third-order valence-electron chi connectivity index (χ3n) is 3.86. The van der Waals surface area contributed by atoms with Gasteiger partial charge in [-0.15, -0.1) is 0 Å². The molecule has 120 valence electrons. The van der Waals surface area contributed by atoms with Crippen LogP contribution in [0, 0.1) is 0 Å². The zero-order chi connectivity index (χ0) is 15.9. The Morgan fingerprint density at radius 2 is 2.00 bits per heavy atom. The number of carboxylic acids is 1. The molecule has 22 heavy (non-hydrogen) atoms. The van der Waals surface area contributed by atoms with Crippen molar-refractivity contribution in [3.8, 4) is 0 Å². The molecule has 6 nitrogen and oxygen atoms in total. The molecule has 0 bridgehead atoms. The number of carbonyl (C=O) groups is 2. The lowest BCUT2D eigenvalue weighted by Crippen LogP contribution is -2.38. The number of hydrogen-bond donors (Lipinski definition) is 2. The third kappa shape index (κ3) is 4.73. The molecule has 2 N–H and O–H groups in total. The molecule has 0 unspecified atom stereocenters. The molecule has 0 saturated carbocycles. The predicted octanol–water partition coefficient (Wildman–Crippen LogP) is 1.63. The fourth-order valence-corrected chi connectivity index (χ4v) is 2.47. The lowest BCUT2D eigenvalue weighted by atomic mass is 10.1. The molecule has 0 radical (unpaired) electrons.